The summed E-state index contributed by atoms with van der Waals surface area (Å²) in [5.41, 5.74) is 3.52. The SMILES string of the molecule is CC(=O)OC[C@H](OC(C)=O)[C@@H](C)[C@@H]1O[C@@](O[C@@H]2C(OCc3ccccc3)[C@H](O[C@H]3C(C)C(OCc4ccccc4)[C@H](OCP)O[C@H]3COCc3ccccc3)OC(COCc3ccccc3)[C@@H]2O)(C(=O)O)CC(C)[C@H]1C. The molecule has 3 fully saturated rings. The van der Waals surface area contributed by atoms with Crippen molar-refractivity contribution in [1.29, 1.82) is 0 Å². The van der Waals surface area contributed by atoms with Gasteiger partial charge < -0.3 is 67.1 Å². The second kappa shape index (κ2) is 28.8. The molecule has 6 unspecified atom stereocenters. The zero-order valence-electron chi connectivity index (χ0n) is 44.2. The van der Waals surface area contributed by atoms with E-state index in [2.05, 4.69) is 9.24 Å². The third-order valence-electron chi connectivity index (χ3n) is 14.4. The Morgan fingerprint density at radius 3 is 1.64 bits per heavy atom. The fourth-order valence-corrected chi connectivity index (χ4v) is 10.3. The van der Waals surface area contributed by atoms with Crippen molar-refractivity contribution < 1.29 is 81.4 Å². The average Bonchev–Trinajstić information content (AvgIpc) is 3.47. The standard InChI is InChI=1S/C58H75O17P/c1-36-27-58(57(62)63,74-50(37(36)2)38(3)46(70-41(6)60)34-66-40(5)59)75-53-49(61)47(32-64-28-42-19-11-7-12-20-42)71-56(54(53)68-31-45-25-17-10-18-26-45)73-51-39(4)52(67-30-44-23-15-9-16-24-44)55(69-35-76)72-48(51)33-65-29-43-21-13-8-14-22-43/h7-26,36-39,46-56,61H,27-35,76H2,1-6H3,(H,62,63)/t36?,37-,38-,39?,46+,47?,48+,49+,50-,51+,52?,53+,54?,55-,56+,58+/m1/s1. The zero-order chi connectivity index (χ0) is 54.2. The number of ether oxygens (including phenoxy) is 12. The Morgan fingerprint density at radius 1 is 0.645 bits per heavy atom. The first-order valence-electron chi connectivity index (χ1n) is 26.1. The quantitative estimate of drug-likeness (QED) is 0.0459. The predicted molar refractivity (Wildman–Crippen MR) is 280 cm³/mol. The zero-order valence-corrected chi connectivity index (χ0v) is 45.3. The van der Waals surface area contributed by atoms with E-state index in [-0.39, 0.29) is 70.9 Å². The van der Waals surface area contributed by atoms with Gasteiger partial charge >= 0.3 is 17.9 Å². The Morgan fingerprint density at radius 2 is 1.14 bits per heavy atom. The lowest BCUT2D eigenvalue weighted by Gasteiger charge is -2.52. The van der Waals surface area contributed by atoms with E-state index in [4.69, 9.17) is 56.8 Å². The van der Waals surface area contributed by atoms with Crippen molar-refractivity contribution in [2.45, 2.75) is 148 Å². The van der Waals surface area contributed by atoms with Crippen LogP contribution in [-0.2, 0) is 97.7 Å². The molecule has 76 heavy (non-hydrogen) atoms. The summed E-state index contributed by atoms with van der Waals surface area (Å²) >= 11 is 0. The number of hydrogen-bond donors (Lipinski definition) is 2. The van der Waals surface area contributed by atoms with Crippen LogP contribution in [0, 0.1) is 23.7 Å². The molecule has 0 radical (unpaired) electrons. The normalized spacial score (nSPS) is 30.4. The highest BCUT2D eigenvalue weighted by molar-refractivity contribution is 7.16. The number of carbonyl (C=O) groups excluding carboxylic acids is 2. The Kier molecular flexibility index (Phi) is 22.3. The van der Waals surface area contributed by atoms with Crippen molar-refractivity contribution in [3.8, 4) is 0 Å². The van der Waals surface area contributed by atoms with E-state index in [0.717, 1.165) is 22.3 Å². The Hall–Kier alpha value is -4.72. The minimum atomic E-state index is -2.42. The van der Waals surface area contributed by atoms with Gasteiger partial charge in [-0.15, -0.1) is 9.24 Å². The summed E-state index contributed by atoms with van der Waals surface area (Å²) in [4.78, 5) is 38.4. The van der Waals surface area contributed by atoms with Crippen LogP contribution in [0.25, 0.3) is 0 Å². The highest BCUT2D eigenvalue weighted by Gasteiger charge is 2.59. The molecule has 17 nitrogen and oxygen atoms in total. The molecule has 0 amide bonds. The van der Waals surface area contributed by atoms with Crippen molar-refractivity contribution in [3.05, 3.63) is 144 Å². The summed E-state index contributed by atoms with van der Waals surface area (Å²) in [5, 5.41) is 24.1. The van der Waals surface area contributed by atoms with Crippen molar-refractivity contribution in [1.82, 2.24) is 0 Å². The van der Waals surface area contributed by atoms with E-state index in [1.54, 1.807) is 6.92 Å². The molecular weight excluding hydrogens is 1000 g/mol. The van der Waals surface area contributed by atoms with E-state index in [9.17, 15) is 24.6 Å². The van der Waals surface area contributed by atoms with Gasteiger partial charge in [0, 0.05) is 32.1 Å². The lowest BCUT2D eigenvalue weighted by molar-refractivity contribution is -0.389. The van der Waals surface area contributed by atoms with Crippen LogP contribution in [0.15, 0.2) is 121 Å². The highest BCUT2D eigenvalue weighted by atomic mass is 31.0. The maximum atomic E-state index is 14.0. The van der Waals surface area contributed by atoms with Crippen molar-refractivity contribution >= 4 is 27.1 Å². The summed E-state index contributed by atoms with van der Waals surface area (Å²) in [6, 6.07) is 38.3. The van der Waals surface area contributed by atoms with Gasteiger partial charge in [0.05, 0.1) is 58.2 Å². The van der Waals surface area contributed by atoms with Crippen molar-refractivity contribution in [2.75, 3.05) is 26.2 Å². The topological polar surface area (TPSA) is 202 Å². The lowest BCUT2D eigenvalue weighted by atomic mass is 9.76. The number of rotatable bonds is 26. The number of aliphatic carboxylic acids is 1. The van der Waals surface area contributed by atoms with Gasteiger partial charge in [0.25, 0.3) is 5.79 Å². The molecule has 3 aliphatic rings. The molecule has 2 N–H and O–H groups in total. The van der Waals surface area contributed by atoms with E-state index in [1.807, 2.05) is 142 Å². The fourth-order valence-electron chi connectivity index (χ4n) is 10.1. The molecule has 0 bridgehead atoms. The number of carboxylic acid groups (broad SMARTS) is 1. The molecule has 0 aliphatic carbocycles. The largest absolute Gasteiger partial charge is 0.477 e. The summed E-state index contributed by atoms with van der Waals surface area (Å²) in [7, 11) is 2.57. The predicted octanol–water partition coefficient (Wildman–Crippen LogP) is 7.63. The first kappa shape index (κ1) is 59.0. The number of hydrogen-bond acceptors (Lipinski definition) is 16. The van der Waals surface area contributed by atoms with Gasteiger partial charge in [0.2, 0.25) is 0 Å². The maximum absolute atomic E-state index is 14.0. The molecule has 3 heterocycles. The number of benzene rings is 4. The molecule has 0 spiro atoms. The number of carbonyl (C=O) groups is 3. The van der Waals surface area contributed by atoms with Crippen LogP contribution in [0.2, 0.25) is 0 Å². The molecule has 4 aromatic carbocycles. The fraction of sp³-hybridized carbons (Fsp3) is 0.534. The van der Waals surface area contributed by atoms with Crippen LogP contribution < -0.4 is 0 Å². The molecule has 3 saturated heterocycles. The van der Waals surface area contributed by atoms with Gasteiger partial charge in [-0.1, -0.05) is 149 Å². The molecule has 17 atom stereocenters. The number of carboxylic acids is 1. The molecular formula is C58H75O17P. The van der Waals surface area contributed by atoms with E-state index in [0.29, 0.717) is 0 Å². The minimum absolute atomic E-state index is 0.0298. The first-order valence-corrected chi connectivity index (χ1v) is 26.9. The monoisotopic (exact) mass is 1070 g/mol. The van der Waals surface area contributed by atoms with Crippen LogP contribution in [0.5, 0.6) is 0 Å². The Balaban J connectivity index is 1.28. The van der Waals surface area contributed by atoms with Crippen LogP contribution >= 0.6 is 9.24 Å². The van der Waals surface area contributed by atoms with Crippen LogP contribution in [0.3, 0.4) is 0 Å². The summed E-state index contributed by atoms with van der Waals surface area (Å²) in [6.07, 6.45) is -12.0. The van der Waals surface area contributed by atoms with Gasteiger partial charge in [-0.2, -0.15) is 0 Å². The lowest BCUT2D eigenvalue weighted by Crippen LogP contribution is -2.67. The molecule has 18 heteroatoms. The van der Waals surface area contributed by atoms with Gasteiger partial charge in [-0.3, -0.25) is 9.59 Å². The summed E-state index contributed by atoms with van der Waals surface area (Å²) in [6.45, 7) is 10.2. The van der Waals surface area contributed by atoms with E-state index in [1.165, 1.54) is 13.8 Å². The number of aliphatic hydroxyl groups is 1. The van der Waals surface area contributed by atoms with E-state index < -0.39 is 103 Å². The van der Waals surface area contributed by atoms with Crippen LogP contribution in [0.1, 0.15) is 70.2 Å². The smallest absolute Gasteiger partial charge is 0.364 e. The van der Waals surface area contributed by atoms with Gasteiger partial charge in [0.15, 0.2) is 12.6 Å². The van der Waals surface area contributed by atoms with Gasteiger partial charge in [0.1, 0.15) is 49.3 Å². The molecule has 0 aromatic heterocycles. The van der Waals surface area contributed by atoms with Crippen LogP contribution in [0.4, 0.5) is 0 Å². The Bertz CT molecular complexity index is 2370. The maximum Gasteiger partial charge on any atom is 0.364 e. The van der Waals surface area contributed by atoms with Gasteiger partial charge in [-0.25, -0.2) is 4.79 Å². The summed E-state index contributed by atoms with van der Waals surface area (Å²) in [5.74, 6) is -6.97. The van der Waals surface area contributed by atoms with Gasteiger partial charge in [-0.05, 0) is 34.1 Å². The average molecular weight is 1080 g/mol. The van der Waals surface area contributed by atoms with E-state index >= 15 is 0 Å². The number of aliphatic hydroxyl groups excluding tert-OH is 1. The highest BCUT2D eigenvalue weighted by Crippen LogP contribution is 2.45. The summed E-state index contributed by atoms with van der Waals surface area (Å²) < 4.78 is 77.6. The minimum Gasteiger partial charge on any atom is -0.477 e. The molecule has 414 valence electrons. The van der Waals surface area contributed by atoms with Crippen molar-refractivity contribution in [3.63, 3.8) is 0 Å². The second-order valence-electron chi connectivity index (χ2n) is 20.0. The third kappa shape index (κ3) is 16.0. The molecule has 4 aromatic rings. The number of esters is 2. The molecule has 0 saturated carbocycles. The Labute approximate surface area is 448 Å². The first-order chi connectivity index (χ1) is 36.7. The second-order valence-corrected chi connectivity index (χ2v) is 20.3. The van der Waals surface area contributed by atoms with Crippen molar-refractivity contribution in [2.24, 2.45) is 23.7 Å². The van der Waals surface area contributed by atoms with Crippen LogP contribution in [-0.4, -0.2) is 128 Å². The molecule has 3 aliphatic heterocycles. The third-order valence-corrected chi connectivity index (χ3v) is 14.6. The molecule has 7 rings (SSSR count).